The van der Waals surface area contributed by atoms with E-state index in [9.17, 15) is 0 Å². The number of aromatic nitrogens is 3. The van der Waals surface area contributed by atoms with Crippen LogP contribution < -0.4 is 10.6 Å². The van der Waals surface area contributed by atoms with Crippen LogP contribution in [0.25, 0.3) is 0 Å². The molecule has 2 aromatic rings. The molecule has 108 valence electrons. The van der Waals surface area contributed by atoms with E-state index in [1.54, 1.807) is 18.2 Å². The highest BCUT2D eigenvalue weighted by Gasteiger charge is 2.08. The highest BCUT2D eigenvalue weighted by molar-refractivity contribution is 6.31. The quantitative estimate of drug-likeness (QED) is 0.874. The first kappa shape index (κ1) is 15.3. The third-order valence-electron chi connectivity index (χ3n) is 2.49. The largest absolute Gasteiger partial charge is 0.354 e. The van der Waals surface area contributed by atoms with E-state index < -0.39 is 0 Å². The van der Waals surface area contributed by atoms with Crippen LogP contribution in [-0.4, -0.2) is 21.5 Å². The highest BCUT2D eigenvalue weighted by atomic mass is 35.5. The van der Waals surface area contributed by atoms with E-state index >= 15 is 0 Å². The average molecular weight is 323 g/mol. The van der Waals surface area contributed by atoms with Gasteiger partial charge in [0.2, 0.25) is 17.2 Å². The van der Waals surface area contributed by atoms with E-state index in [2.05, 4.69) is 31.7 Å². The summed E-state index contributed by atoms with van der Waals surface area (Å²) in [5, 5.41) is 15.6. The lowest BCUT2D eigenvalue weighted by Crippen LogP contribution is -2.08. The number of nitrogens with zero attached hydrogens (tertiary/aromatic N) is 4. The molecule has 2 N–H and O–H groups in total. The maximum atomic E-state index is 9.09. The Morgan fingerprint density at radius 2 is 1.95 bits per heavy atom. The van der Waals surface area contributed by atoms with Crippen molar-refractivity contribution in [3.8, 4) is 6.07 Å². The monoisotopic (exact) mass is 322 g/mol. The molecule has 0 unspecified atom stereocenters. The standard InChI is InChI=1S/C13H12Cl2N6/c1-2-5-17-12-19-11(15)20-13(21-12)18-10-6-9(14)4-3-8(10)7-16/h3-4,6H,2,5H2,1H3,(H2,17,18,19,20,21). The zero-order valence-corrected chi connectivity index (χ0v) is 12.7. The SMILES string of the molecule is CCCNc1nc(Cl)nc(Nc2cc(Cl)ccc2C#N)n1. The molecule has 1 aromatic carbocycles. The van der Waals surface area contributed by atoms with Crippen LogP contribution in [0.4, 0.5) is 17.6 Å². The van der Waals surface area contributed by atoms with Gasteiger partial charge in [0, 0.05) is 11.6 Å². The number of hydrogen-bond donors (Lipinski definition) is 2. The van der Waals surface area contributed by atoms with Gasteiger partial charge in [-0.2, -0.15) is 20.2 Å². The lowest BCUT2D eigenvalue weighted by Gasteiger charge is -2.09. The van der Waals surface area contributed by atoms with E-state index in [1.807, 2.05) is 6.92 Å². The first-order valence-corrected chi connectivity index (χ1v) is 7.00. The maximum absolute atomic E-state index is 9.09. The third-order valence-corrected chi connectivity index (χ3v) is 2.89. The smallest absolute Gasteiger partial charge is 0.233 e. The van der Waals surface area contributed by atoms with Crippen LogP contribution in [-0.2, 0) is 0 Å². The summed E-state index contributed by atoms with van der Waals surface area (Å²) in [5.41, 5.74) is 0.938. The first-order valence-electron chi connectivity index (χ1n) is 6.24. The van der Waals surface area contributed by atoms with Crippen molar-refractivity contribution in [2.75, 3.05) is 17.2 Å². The van der Waals surface area contributed by atoms with E-state index in [0.717, 1.165) is 13.0 Å². The number of nitrogens with one attached hydrogen (secondary N) is 2. The molecule has 6 nitrogen and oxygen atoms in total. The van der Waals surface area contributed by atoms with Crippen molar-refractivity contribution in [1.29, 1.82) is 5.26 Å². The maximum Gasteiger partial charge on any atom is 0.233 e. The Morgan fingerprint density at radius 3 is 2.67 bits per heavy atom. The second kappa shape index (κ2) is 7.07. The van der Waals surface area contributed by atoms with Crippen LogP contribution >= 0.6 is 23.2 Å². The van der Waals surface area contributed by atoms with Crippen molar-refractivity contribution in [2.45, 2.75) is 13.3 Å². The number of rotatable bonds is 5. The van der Waals surface area contributed by atoms with Crippen LogP contribution in [0.1, 0.15) is 18.9 Å². The molecule has 2 rings (SSSR count). The number of benzene rings is 1. The minimum Gasteiger partial charge on any atom is -0.354 e. The van der Waals surface area contributed by atoms with E-state index in [0.29, 0.717) is 22.2 Å². The van der Waals surface area contributed by atoms with Crippen molar-refractivity contribution < 1.29 is 0 Å². The lowest BCUT2D eigenvalue weighted by molar-refractivity contribution is 0.940. The molecule has 0 atom stereocenters. The Bertz CT molecular complexity index is 683. The van der Waals surface area contributed by atoms with Crippen molar-refractivity contribution in [1.82, 2.24) is 15.0 Å². The number of hydrogen-bond acceptors (Lipinski definition) is 6. The Kier molecular flexibility index (Phi) is 5.14. The van der Waals surface area contributed by atoms with Crippen LogP contribution in [0, 0.1) is 11.3 Å². The summed E-state index contributed by atoms with van der Waals surface area (Å²) in [4.78, 5) is 12.1. The van der Waals surface area contributed by atoms with Crippen molar-refractivity contribution >= 4 is 40.8 Å². The Hall–Kier alpha value is -2.10. The molecule has 1 heterocycles. The predicted molar refractivity (Wildman–Crippen MR) is 83.1 cm³/mol. The van der Waals surface area contributed by atoms with Crippen molar-refractivity contribution in [2.24, 2.45) is 0 Å². The summed E-state index contributed by atoms with van der Waals surface area (Å²) in [6, 6.07) is 6.94. The fourth-order valence-electron chi connectivity index (χ4n) is 1.56. The predicted octanol–water partition coefficient (Wildman–Crippen LogP) is 3.62. The fourth-order valence-corrected chi connectivity index (χ4v) is 1.89. The summed E-state index contributed by atoms with van der Waals surface area (Å²) < 4.78 is 0. The molecule has 0 fully saturated rings. The molecular weight excluding hydrogens is 311 g/mol. The van der Waals surface area contributed by atoms with Crippen LogP contribution in [0.2, 0.25) is 10.3 Å². The van der Waals surface area contributed by atoms with Gasteiger partial charge in [-0.05, 0) is 36.2 Å². The van der Waals surface area contributed by atoms with Crippen LogP contribution in [0.3, 0.4) is 0 Å². The Morgan fingerprint density at radius 1 is 1.19 bits per heavy atom. The molecule has 0 saturated carbocycles. The van der Waals surface area contributed by atoms with E-state index in [1.165, 1.54) is 0 Å². The Labute approximate surface area is 132 Å². The molecule has 0 aliphatic rings. The minimum atomic E-state index is 0.0617. The molecule has 0 aliphatic heterocycles. The van der Waals surface area contributed by atoms with Crippen molar-refractivity contribution in [3.63, 3.8) is 0 Å². The number of nitriles is 1. The first-order chi connectivity index (χ1) is 10.1. The van der Waals surface area contributed by atoms with Gasteiger partial charge in [0.25, 0.3) is 0 Å². The van der Waals surface area contributed by atoms with Gasteiger partial charge in [0.05, 0.1) is 11.3 Å². The molecule has 0 amide bonds. The zero-order valence-electron chi connectivity index (χ0n) is 11.2. The minimum absolute atomic E-state index is 0.0617. The van der Waals surface area contributed by atoms with Gasteiger partial charge in [-0.3, -0.25) is 0 Å². The highest BCUT2D eigenvalue weighted by Crippen LogP contribution is 2.23. The van der Waals surface area contributed by atoms with Gasteiger partial charge in [-0.25, -0.2) is 0 Å². The molecule has 8 heteroatoms. The molecule has 0 saturated heterocycles. The molecule has 0 spiro atoms. The average Bonchev–Trinajstić information content (AvgIpc) is 2.45. The lowest BCUT2D eigenvalue weighted by atomic mass is 10.2. The summed E-state index contributed by atoms with van der Waals surface area (Å²) >= 11 is 11.8. The molecule has 1 aromatic heterocycles. The van der Waals surface area contributed by atoms with Gasteiger partial charge >= 0.3 is 0 Å². The Balaban J connectivity index is 2.29. The topological polar surface area (TPSA) is 86.5 Å². The summed E-state index contributed by atoms with van der Waals surface area (Å²) in [5.74, 6) is 0.618. The summed E-state index contributed by atoms with van der Waals surface area (Å²) in [7, 11) is 0. The normalized spacial score (nSPS) is 10.0. The molecule has 0 bridgehead atoms. The summed E-state index contributed by atoms with van der Waals surface area (Å²) in [6.07, 6.45) is 0.930. The van der Waals surface area contributed by atoms with Gasteiger partial charge in [-0.15, -0.1) is 0 Å². The number of halogens is 2. The van der Waals surface area contributed by atoms with Crippen LogP contribution in [0.15, 0.2) is 18.2 Å². The second-order valence-corrected chi connectivity index (χ2v) is 4.88. The van der Waals surface area contributed by atoms with Crippen molar-refractivity contribution in [3.05, 3.63) is 34.1 Å². The van der Waals surface area contributed by atoms with Gasteiger partial charge in [0.15, 0.2) is 0 Å². The zero-order chi connectivity index (χ0) is 15.2. The summed E-state index contributed by atoms with van der Waals surface area (Å²) in [6.45, 7) is 2.75. The van der Waals surface area contributed by atoms with E-state index in [4.69, 9.17) is 28.5 Å². The number of anilines is 3. The molecule has 0 aliphatic carbocycles. The second-order valence-electron chi connectivity index (χ2n) is 4.11. The van der Waals surface area contributed by atoms with E-state index in [-0.39, 0.29) is 11.2 Å². The van der Waals surface area contributed by atoms with Crippen LogP contribution in [0.5, 0.6) is 0 Å². The molecule has 0 radical (unpaired) electrons. The fraction of sp³-hybridized carbons (Fsp3) is 0.231. The molecular formula is C13H12Cl2N6. The molecule has 21 heavy (non-hydrogen) atoms. The van der Waals surface area contributed by atoms with Gasteiger partial charge < -0.3 is 10.6 Å². The van der Waals surface area contributed by atoms with Gasteiger partial charge in [-0.1, -0.05) is 18.5 Å². The van der Waals surface area contributed by atoms with Gasteiger partial charge in [0.1, 0.15) is 6.07 Å². The third kappa shape index (κ3) is 4.18.